The van der Waals surface area contributed by atoms with Crippen LogP contribution in [0.1, 0.15) is 38.1 Å². The Balaban J connectivity index is 2.88. The molecule has 1 aromatic heterocycles. The molecule has 0 radical (unpaired) electrons. The summed E-state index contributed by atoms with van der Waals surface area (Å²) in [6, 6.07) is 5.98. The molecule has 1 rings (SSSR count). The second-order valence-corrected chi connectivity index (χ2v) is 3.44. The molecular weight excluding hydrogens is 162 g/mol. The van der Waals surface area contributed by atoms with Crippen molar-refractivity contribution in [1.29, 1.82) is 0 Å². The molecule has 0 amide bonds. The van der Waals surface area contributed by atoms with Crippen molar-refractivity contribution in [3.05, 3.63) is 29.6 Å². The average Bonchev–Trinajstić information content (AvgIpc) is 2.16. The summed E-state index contributed by atoms with van der Waals surface area (Å²) in [5, 5.41) is 9.40. The fourth-order valence-electron chi connectivity index (χ4n) is 1.20. The Morgan fingerprint density at radius 3 is 2.62 bits per heavy atom. The van der Waals surface area contributed by atoms with Gasteiger partial charge in [-0.25, -0.2) is 0 Å². The molecule has 0 saturated carbocycles. The molecule has 1 heterocycles. The Labute approximate surface area is 79.6 Å². The van der Waals surface area contributed by atoms with Crippen LogP contribution >= 0.6 is 0 Å². The number of aliphatic hydroxyl groups is 1. The van der Waals surface area contributed by atoms with Crippen LogP contribution in [-0.4, -0.2) is 16.2 Å². The molecule has 72 valence electrons. The summed E-state index contributed by atoms with van der Waals surface area (Å²) in [5.74, 6) is 0.117. The van der Waals surface area contributed by atoms with Gasteiger partial charge in [0, 0.05) is 17.3 Å². The van der Waals surface area contributed by atoms with Gasteiger partial charge in [-0.1, -0.05) is 19.9 Å². The van der Waals surface area contributed by atoms with Crippen LogP contribution in [-0.2, 0) is 6.42 Å². The molecule has 13 heavy (non-hydrogen) atoms. The molecule has 0 aliphatic rings. The highest BCUT2D eigenvalue weighted by Gasteiger charge is 2.12. The second kappa shape index (κ2) is 4.38. The Morgan fingerprint density at radius 2 is 2.08 bits per heavy atom. The zero-order valence-corrected chi connectivity index (χ0v) is 8.49. The first kappa shape index (κ1) is 10.2. The number of hydrogen-bond donors (Lipinski definition) is 1. The normalized spacial score (nSPS) is 15.4. The number of hydrogen-bond acceptors (Lipinski definition) is 2. The largest absolute Gasteiger partial charge is 0.393 e. The van der Waals surface area contributed by atoms with E-state index in [4.69, 9.17) is 0 Å². The molecule has 1 N–H and O–H groups in total. The monoisotopic (exact) mass is 179 g/mol. The third-order valence-corrected chi connectivity index (χ3v) is 2.38. The van der Waals surface area contributed by atoms with Crippen LogP contribution < -0.4 is 0 Å². The maximum Gasteiger partial charge on any atom is 0.0593 e. The molecule has 0 spiro atoms. The van der Waals surface area contributed by atoms with Gasteiger partial charge in [0.05, 0.1) is 6.10 Å². The Morgan fingerprint density at radius 1 is 1.38 bits per heavy atom. The van der Waals surface area contributed by atoms with Gasteiger partial charge in [0.1, 0.15) is 0 Å². The van der Waals surface area contributed by atoms with E-state index in [1.165, 1.54) is 0 Å². The van der Waals surface area contributed by atoms with Crippen molar-refractivity contribution in [2.75, 3.05) is 0 Å². The molecule has 1 aromatic rings. The highest BCUT2D eigenvalue weighted by molar-refractivity contribution is 5.15. The number of pyridine rings is 1. The molecule has 2 nitrogen and oxygen atoms in total. The van der Waals surface area contributed by atoms with E-state index in [-0.39, 0.29) is 12.0 Å². The fraction of sp³-hybridized carbons (Fsp3) is 0.545. The van der Waals surface area contributed by atoms with E-state index in [0.717, 1.165) is 17.8 Å². The van der Waals surface area contributed by atoms with Crippen LogP contribution in [0, 0.1) is 0 Å². The van der Waals surface area contributed by atoms with E-state index >= 15 is 0 Å². The summed E-state index contributed by atoms with van der Waals surface area (Å²) in [6.07, 6.45) is 0.611. The van der Waals surface area contributed by atoms with Crippen LogP contribution in [0.3, 0.4) is 0 Å². The zero-order chi connectivity index (χ0) is 9.84. The molecule has 2 atom stereocenters. The first-order valence-corrected chi connectivity index (χ1v) is 4.79. The van der Waals surface area contributed by atoms with Gasteiger partial charge in [0.2, 0.25) is 0 Å². The molecule has 2 unspecified atom stereocenters. The van der Waals surface area contributed by atoms with Crippen molar-refractivity contribution in [1.82, 2.24) is 4.98 Å². The van der Waals surface area contributed by atoms with Crippen LogP contribution in [0.25, 0.3) is 0 Å². The summed E-state index contributed by atoms with van der Waals surface area (Å²) in [7, 11) is 0. The van der Waals surface area contributed by atoms with Gasteiger partial charge >= 0.3 is 0 Å². The molecule has 0 bridgehead atoms. The Kier molecular flexibility index (Phi) is 3.43. The lowest BCUT2D eigenvalue weighted by molar-refractivity contribution is 0.167. The van der Waals surface area contributed by atoms with Crippen molar-refractivity contribution in [3.8, 4) is 0 Å². The molecule has 0 aliphatic carbocycles. The first-order valence-electron chi connectivity index (χ1n) is 4.79. The van der Waals surface area contributed by atoms with Gasteiger partial charge in [0.15, 0.2) is 0 Å². The Bertz CT molecular complexity index is 271. The SMILES string of the molecule is CCc1cccc(C(C)C(C)O)n1. The summed E-state index contributed by atoms with van der Waals surface area (Å²) < 4.78 is 0. The highest BCUT2D eigenvalue weighted by Crippen LogP contribution is 2.16. The van der Waals surface area contributed by atoms with Crippen LogP contribution in [0.2, 0.25) is 0 Å². The molecule has 0 fully saturated rings. The third-order valence-electron chi connectivity index (χ3n) is 2.38. The van der Waals surface area contributed by atoms with Crippen LogP contribution in [0.4, 0.5) is 0 Å². The molecule has 0 saturated heterocycles. The first-order chi connectivity index (χ1) is 6.15. The van der Waals surface area contributed by atoms with Gasteiger partial charge in [-0.3, -0.25) is 4.98 Å². The van der Waals surface area contributed by atoms with E-state index in [2.05, 4.69) is 11.9 Å². The van der Waals surface area contributed by atoms with E-state index in [0.29, 0.717) is 0 Å². The predicted molar refractivity (Wildman–Crippen MR) is 53.7 cm³/mol. The fourth-order valence-corrected chi connectivity index (χ4v) is 1.20. The molecule has 0 aromatic carbocycles. The van der Waals surface area contributed by atoms with Crippen LogP contribution in [0.5, 0.6) is 0 Å². The minimum Gasteiger partial charge on any atom is -0.393 e. The standard InChI is InChI=1S/C11H17NO/c1-4-10-6-5-7-11(12-10)8(2)9(3)13/h5-9,13H,4H2,1-3H3. The van der Waals surface area contributed by atoms with Crippen molar-refractivity contribution < 1.29 is 5.11 Å². The lowest BCUT2D eigenvalue weighted by atomic mass is 10.0. The minimum absolute atomic E-state index is 0.117. The minimum atomic E-state index is -0.334. The summed E-state index contributed by atoms with van der Waals surface area (Å²) in [6.45, 7) is 5.87. The summed E-state index contributed by atoms with van der Waals surface area (Å²) in [5.41, 5.74) is 2.07. The van der Waals surface area contributed by atoms with Gasteiger partial charge in [0.25, 0.3) is 0 Å². The molecule has 0 aliphatic heterocycles. The number of aromatic nitrogens is 1. The molecular formula is C11H17NO. The van der Waals surface area contributed by atoms with E-state index in [1.807, 2.05) is 25.1 Å². The highest BCUT2D eigenvalue weighted by atomic mass is 16.3. The van der Waals surface area contributed by atoms with Gasteiger partial charge in [-0.15, -0.1) is 0 Å². The molecule has 2 heteroatoms. The maximum atomic E-state index is 9.40. The summed E-state index contributed by atoms with van der Waals surface area (Å²) in [4.78, 5) is 4.45. The lowest BCUT2D eigenvalue weighted by Crippen LogP contribution is -2.12. The van der Waals surface area contributed by atoms with Gasteiger partial charge < -0.3 is 5.11 Å². The number of aliphatic hydroxyl groups excluding tert-OH is 1. The predicted octanol–water partition coefficient (Wildman–Crippen LogP) is 2.13. The topological polar surface area (TPSA) is 33.1 Å². The van der Waals surface area contributed by atoms with Crippen molar-refractivity contribution >= 4 is 0 Å². The van der Waals surface area contributed by atoms with Crippen molar-refractivity contribution in [2.24, 2.45) is 0 Å². The van der Waals surface area contributed by atoms with Gasteiger partial charge in [-0.2, -0.15) is 0 Å². The van der Waals surface area contributed by atoms with Crippen molar-refractivity contribution in [2.45, 2.75) is 39.2 Å². The van der Waals surface area contributed by atoms with E-state index in [9.17, 15) is 5.11 Å². The Hall–Kier alpha value is -0.890. The third kappa shape index (κ3) is 2.52. The lowest BCUT2D eigenvalue weighted by Gasteiger charge is -2.14. The van der Waals surface area contributed by atoms with Gasteiger partial charge in [-0.05, 0) is 25.5 Å². The quantitative estimate of drug-likeness (QED) is 0.771. The maximum absolute atomic E-state index is 9.40. The number of rotatable bonds is 3. The average molecular weight is 179 g/mol. The van der Waals surface area contributed by atoms with E-state index in [1.54, 1.807) is 6.92 Å². The van der Waals surface area contributed by atoms with Crippen LogP contribution in [0.15, 0.2) is 18.2 Å². The zero-order valence-electron chi connectivity index (χ0n) is 8.49. The number of aryl methyl sites for hydroxylation is 1. The van der Waals surface area contributed by atoms with Crippen molar-refractivity contribution in [3.63, 3.8) is 0 Å². The smallest absolute Gasteiger partial charge is 0.0593 e. The van der Waals surface area contributed by atoms with E-state index < -0.39 is 0 Å². The number of nitrogens with zero attached hydrogens (tertiary/aromatic N) is 1. The second-order valence-electron chi connectivity index (χ2n) is 3.44. The summed E-state index contributed by atoms with van der Waals surface area (Å²) >= 11 is 0.